The molecule has 62 valence electrons. The fraction of sp³-hybridized carbons (Fsp3) is 0.875. The van der Waals surface area contributed by atoms with E-state index in [1.165, 1.54) is 12.8 Å². The average Bonchev–Trinajstić information content (AvgIpc) is 2.70. The van der Waals surface area contributed by atoms with E-state index in [2.05, 4.69) is 5.32 Å². The normalized spacial score (nSPS) is 33.6. The number of carboxylic acids is 1. The molecule has 2 N–H and O–H groups in total. The second kappa shape index (κ2) is 2.21. The molecule has 2 rings (SSSR count). The van der Waals surface area contributed by atoms with Crippen LogP contribution in [0.2, 0.25) is 0 Å². The molecule has 1 aliphatic heterocycles. The first-order valence-electron chi connectivity index (χ1n) is 4.18. The van der Waals surface area contributed by atoms with Crippen molar-refractivity contribution in [3.63, 3.8) is 0 Å². The summed E-state index contributed by atoms with van der Waals surface area (Å²) in [5.74, 6) is -0.694. The monoisotopic (exact) mass is 155 g/mol. The van der Waals surface area contributed by atoms with Crippen LogP contribution in [0.3, 0.4) is 0 Å². The lowest BCUT2D eigenvalue weighted by Crippen LogP contribution is -2.44. The maximum Gasteiger partial charge on any atom is 0.320 e. The van der Waals surface area contributed by atoms with Crippen LogP contribution in [0.1, 0.15) is 25.7 Å². The number of carboxylic acid groups (broad SMARTS) is 1. The van der Waals surface area contributed by atoms with Gasteiger partial charge in [-0.15, -0.1) is 0 Å². The highest BCUT2D eigenvalue weighted by Crippen LogP contribution is 2.50. The minimum absolute atomic E-state index is 0.277. The predicted molar refractivity (Wildman–Crippen MR) is 40.3 cm³/mol. The standard InChI is InChI=1S/C8H13NO2/c10-7(11)6-1-2-8(3-4-8)5-9-6/h6,9H,1-5H2,(H,10,11). The maximum atomic E-state index is 10.5. The van der Waals surface area contributed by atoms with Gasteiger partial charge < -0.3 is 10.4 Å². The first kappa shape index (κ1) is 7.10. The van der Waals surface area contributed by atoms with Crippen LogP contribution in [-0.4, -0.2) is 23.7 Å². The van der Waals surface area contributed by atoms with Gasteiger partial charge in [0.2, 0.25) is 0 Å². The Morgan fingerprint density at radius 1 is 1.45 bits per heavy atom. The van der Waals surface area contributed by atoms with Crippen LogP contribution < -0.4 is 5.32 Å². The molecule has 1 heterocycles. The number of aliphatic carboxylic acids is 1. The van der Waals surface area contributed by atoms with Crippen molar-refractivity contribution in [3.05, 3.63) is 0 Å². The third-order valence-electron chi connectivity index (χ3n) is 2.94. The Labute approximate surface area is 65.8 Å². The Balaban J connectivity index is 1.89. The smallest absolute Gasteiger partial charge is 0.320 e. The van der Waals surface area contributed by atoms with Gasteiger partial charge in [-0.05, 0) is 31.1 Å². The summed E-state index contributed by atoms with van der Waals surface area (Å²) in [6, 6.07) is -0.277. The second-order valence-corrected chi connectivity index (χ2v) is 3.81. The lowest BCUT2D eigenvalue weighted by atomic mass is 9.92. The van der Waals surface area contributed by atoms with Gasteiger partial charge in [-0.3, -0.25) is 4.79 Å². The van der Waals surface area contributed by atoms with Gasteiger partial charge in [0.1, 0.15) is 6.04 Å². The number of rotatable bonds is 1. The maximum absolute atomic E-state index is 10.5. The predicted octanol–water partition coefficient (Wildman–Crippen LogP) is 0.603. The van der Waals surface area contributed by atoms with E-state index >= 15 is 0 Å². The van der Waals surface area contributed by atoms with E-state index in [1.54, 1.807) is 0 Å². The summed E-state index contributed by atoms with van der Waals surface area (Å²) in [4.78, 5) is 10.5. The van der Waals surface area contributed by atoms with Crippen molar-refractivity contribution in [1.82, 2.24) is 5.32 Å². The van der Waals surface area contributed by atoms with Gasteiger partial charge in [0.15, 0.2) is 0 Å². The molecule has 0 aromatic heterocycles. The topological polar surface area (TPSA) is 49.3 Å². The van der Waals surface area contributed by atoms with Gasteiger partial charge in [0.25, 0.3) is 0 Å². The van der Waals surface area contributed by atoms with Crippen molar-refractivity contribution in [3.8, 4) is 0 Å². The summed E-state index contributed by atoms with van der Waals surface area (Å²) in [5.41, 5.74) is 0.520. The molecule has 0 aromatic carbocycles. The van der Waals surface area contributed by atoms with E-state index in [4.69, 9.17) is 5.11 Å². The number of hydrogen-bond acceptors (Lipinski definition) is 2. The SMILES string of the molecule is O=C(O)C1CCC2(CC2)CN1. The summed E-state index contributed by atoms with van der Waals surface area (Å²) in [7, 11) is 0. The van der Waals surface area contributed by atoms with Crippen LogP contribution in [0.15, 0.2) is 0 Å². The molecule has 2 fully saturated rings. The van der Waals surface area contributed by atoms with Gasteiger partial charge in [0.05, 0.1) is 0 Å². The molecule has 0 radical (unpaired) electrons. The zero-order chi connectivity index (χ0) is 7.90. The number of carbonyl (C=O) groups is 1. The minimum atomic E-state index is -0.694. The quantitative estimate of drug-likeness (QED) is 0.583. The van der Waals surface area contributed by atoms with Crippen LogP contribution >= 0.6 is 0 Å². The summed E-state index contributed by atoms with van der Waals surface area (Å²) >= 11 is 0. The molecule has 2 aliphatic rings. The zero-order valence-corrected chi connectivity index (χ0v) is 6.47. The Morgan fingerprint density at radius 3 is 2.55 bits per heavy atom. The van der Waals surface area contributed by atoms with Crippen LogP contribution in [0, 0.1) is 5.41 Å². The Morgan fingerprint density at radius 2 is 2.18 bits per heavy atom. The minimum Gasteiger partial charge on any atom is -0.480 e. The van der Waals surface area contributed by atoms with E-state index < -0.39 is 5.97 Å². The highest BCUT2D eigenvalue weighted by molar-refractivity contribution is 5.73. The van der Waals surface area contributed by atoms with Gasteiger partial charge >= 0.3 is 5.97 Å². The Hall–Kier alpha value is -0.570. The molecule has 1 aliphatic carbocycles. The zero-order valence-electron chi connectivity index (χ0n) is 6.47. The summed E-state index contributed by atoms with van der Waals surface area (Å²) in [5, 5.41) is 11.7. The van der Waals surface area contributed by atoms with E-state index in [9.17, 15) is 4.79 Å². The summed E-state index contributed by atoms with van der Waals surface area (Å²) in [6.45, 7) is 0.921. The highest BCUT2D eigenvalue weighted by atomic mass is 16.4. The third-order valence-corrected chi connectivity index (χ3v) is 2.94. The molecule has 1 saturated carbocycles. The largest absolute Gasteiger partial charge is 0.480 e. The Bertz CT molecular complexity index is 177. The lowest BCUT2D eigenvalue weighted by Gasteiger charge is -2.26. The number of piperidine rings is 1. The van der Waals surface area contributed by atoms with E-state index in [-0.39, 0.29) is 6.04 Å². The van der Waals surface area contributed by atoms with Crippen LogP contribution in [0.25, 0.3) is 0 Å². The van der Waals surface area contributed by atoms with E-state index in [0.29, 0.717) is 5.41 Å². The molecule has 0 aromatic rings. The number of nitrogens with one attached hydrogen (secondary N) is 1. The van der Waals surface area contributed by atoms with Crippen molar-refractivity contribution in [2.75, 3.05) is 6.54 Å². The Kier molecular flexibility index (Phi) is 1.42. The molecule has 0 amide bonds. The highest BCUT2D eigenvalue weighted by Gasteiger charge is 2.45. The van der Waals surface area contributed by atoms with Crippen LogP contribution in [-0.2, 0) is 4.79 Å². The van der Waals surface area contributed by atoms with Crippen molar-refractivity contribution < 1.29 is 9.90 Å². The van der Waals surface area contributed by atoms with Crippen molar-refractivity contribution >= 4 is 5.97 Å². The summed E-state index contributed by atoms with van der Waals surface area (Å²) in [6.07, 6.45) is 4.52. The van der Waals surface area contributed by atoms with Crippen molar-refractivity contribution in [2.24, 2.45) is 5.41 Å². The van der Waals surface area contributed by atoms with E-state index in [1.807, 2.05) is 0 Å². The molecular weight excluding hydrogens is 142 g/mol. The molecule has 0 bridgehead atoms. The van der Waals surface area contributed by atoms with Gasteiger partial charge in [-0.2, -0.15) is 0 Å². The van der Waals surface area contributed by atoms with Gasteiger partial charge in [-0.1, -0.05) is 0 Å². The molecule has 1 spiro atoms. The average molecular weight is 155 g/mol. The van der Waals surface area contributed by atoms with Crippen molar-refractivity contribution in [1.29, 1.82) is 0 Å². The van der Waals surface area contributed by atoms with Crippen LogP contribution in [0.4, 0.5) is 0 Å². The molecule has 1 unspecified atom stereocenters. The second-order valence-electron chi connectivity index (χ2n) is 3.81. The summed E-state index contributed by atoms with van der Waals surface area (Å²) < 4.78 is 0. The van der Waals surface area contributed by atoms with Crippen molar-refractivity contribution in [2.45, 2.75) is 31.7 Å². The fourth-order valence-electron chi connectivity index (χ4n) is 1.80. The third kappa shape index (κ3) is 1.25. The fourth-order valence-corrected chi connectivity index (χ4v) is 1.80. The first-order chi connectivity index (χ1) is 5.22. The lowest BCUT2D eigenvalue weighted by molar-refractivity contribution is -0.140. The van der Waals surface area contributed by atoms with Gasteiger partial charge in [0, 0.05) is 6.54 Å². The number of hydrogen-bond donors (Lipinski definition) is 2. The molecule has 11 heavy (non-hydrogen) atoms. The van der Waals surface area contributed by atoms with E-state index in [0.717, 1.165) is 19.4 Å². The molecule has 1 atom stereocenters. The molecular formula is C8H13NO2. The molecule has 3 heteroatoms. The van der Waals surface area contributed by atoms with Gasteiger partial charge in [-0.25, -0.2) is 0 Å². The molecule has 1 saturated heterocycles. The molecule has 3 nitrogen and oxygen atoms in total. The first-order valence-corrected chi connectivity index (χ1v) is 4.18. The van der Waals surface area contributed by atoms with Crippen LogP contribution in [0.5, 0.6) is 0 Å².